The number of aliphatic hydroxyl groups is 13. The van der Waals surface area contributed by atoms with Crippen LogP contribution >= 0.6 is 0 Å². The molecule has 0 radical (unpaired) electrons. The van der Waals surface area contributed by atoms with Crippen LogP contribution in [0.5, 0.6) is 0 Å². The van der Waals surface area contributed by atoms with E-state index < -0.39 is 143 Å². The van der Waals surface area contributed by atoms with Gasteiger partial charge in [-0.1, -0.05) is 0 Å². The molecule has 0 aromatic carbocycles. The Hall–Kier alpha value is -0.800. The third-order valence-corrected chi connectivity index (χ3v) is 7.81. The zero-order valence-electron chi connectivity index (χ0n) is 22.5. The van der Waals surface area contributed by atoms with Crippen molar-refractivity contribution >= 4 is 0 Å². The molecule has 252 valence electrons. The normalized spacial score (nSPS) is 53.1. The molecule has 0 amide bonds. The Morgan fingerprint density at radius 3 is 1.60 bits per heavy atom. The van der Waals surface area contributed by atoms with Crippen LogP contribution in [0.4, 0.5) is 0 Å². The Morgan fingerprint density at radius 1 is 0.442 bits per heavy atom. The van der Waals surface area contributed by atoms with Crippen molar-refractivity contribution < 1.29 is 99.5 Å². The quantitative estimate of drug-likeness (QED) is 0.112. The lowest BCUT2D eigenvalue weighted by atomic mass is 9.95. The molecule has 0 bridgehead atoms. The summed E-state index contributed by atoms with van der Waals surface area (Å²) in [5, 5.41) is 132. The zero-order chi connectivity index (χ0) is 31.7. The summed E-state index contributed by atoms with van der Waals surface area (Å²) in [5.74, 6) is 0. The van der Waals surface area contributed by atoms with E-state index in [0.717, 1.165) is 0 Å². The third kappa shape index (κ3) is 7.13. The maximum atomic E-state index is 11.1. The second-order valence-electron chi connectivity index (χ2n) is 10.7. The van der Waals surface area contributed by atoms with Crippen molar-refractivity contribution in [2.75, 3.05) is 26.4 Å². The summed E-state index contributed by atoms with van der Waals surface area (Å²) in [6.45, 7) is -3.11. The van der Waals surface area contributed by atoms with Crippen molar-refractivity contribution in [3.8, 4) is 0 Å². The van der Waals surface area contributed by atoms with Crippen LogP contribution in [0.2, 0.25) is 0 Å². The van der Waals surface area contributed by atoms with Crippen LogP contribution in [0, 0.1) is 0 Å². The Kier molecular flexibility index (Phi) is 12.0. The number of hydrogen-bond acceptors (Lipinski definition) is 20. The molecule has 20 nitrogen and oxygen atoms in total. The van der Waals surface area contributed by atoms with Crippen molar-refractivity contribution in [2.24, 2.45) is 0 Å². The summed E-state index contributed by atoms with van der Waals surface area (Å²) in [6, 6.07) is 0. The minimum Gasteiger partial charge on any atom is -0.394 e. The zero-order valence-corrected chi connectivity index (χ0v) is 22.5. The fourth-order valence-corrected chi connectivity index (χ4v) is 5.23. The van der Waals surface area contributed by atoms with E-state index in [1.165, 1.54) is 0 Å². The summed E-state index contributed by atoms with van der Waals surface area (Å²) < 4.78 is 38.6. The van der Waals surface area contributed by atoms with E-state index in [2.05, 4.69) is 0 Å². The first-order chi connectivity index (χ1) is 20.3. The van der Waals surface area contributed by atoms with Crippen LogP contribution in [-0.4, -0.2) is 210 Å². The first-order valence-electron chi connectivity index (χ1n) is 13.5. The van der Waals surface area contributed by atoms with Gasteiger partial charge in [-0.3, -0.25) is 0 Å². The van der Waals surface area contributed by atoms with Crippen LogP contribution in [0.25, 0.3) is 0 Å². The van der Waals surface area contributed by atoms with Gasteiger partial charge in [0.25, 0.3) is 0 Å². The van der Waals surface area contributed by atoms with Crippen LogP contribution < -0.4 is 0 Å². The van der Waals surface area contributed by atoms with Gasteiger partial charge in [-0.15, -0.1) is 0 Å². The average Bonchev–Trinajstić information content (AvgIpc) is 2.99. The van der Waals surface area contributed by atoms with Crippen LogP contribution in [0.3, 0.4) is 0 Å². The van der Waals surface area contributed by atoms with Gasteiger partial charge in [0.2, 0.25) is 0 Å². The maximum Gasteiger partial charge on any atom is 0.187 e. The highest BCUT2D eigenvalue weighted by molar-refractivity contribution is 4.97. The SMILES string of the molecule is OCC1OC(OC2C(OC3C(CO)OC(O)C(O)C3O)OC(CO)C(O)C2OC2OCC(O)C(O)C2O)C(O)C(O)C1O. The maximum absolute atomic E-state index is 11.1. The Labute approximate surface area is 243 Å². The molecule has 4 aliphatic rings. The van der Waals surface area contributed by atoms with E-state index in [1.54, 1.807) is 0 Å². The monoisotopic (exact) mass is 636 g/mol. The first kappa shape index (κ1) is 35.1. The van der Waals surface area contributed by atoms with Gasteiger partial charge >= 0.3 is 0 Å². The highest BCUT2D eigenvalue weighted by atomic mass is 16.8. The van der Waals surface area contributed by atoms with Gasteiger partial charge in [-0.05, 0) is 0 Å². The van der Waals surface area contributed by atoms with Crippen molar-refractivity contribution in [1.29, 1.82) is 0 Å². The molecule has 4 heterocycles. The second kappa shape index (κ2) is 14.7. The van der Waals surface area contributed by atoms with Crippen LogP contribution in [0.1, 0.15) is 0 Å². The second-order valence-corrected chi connectivity index (χ2v) is 10.7. The number of hydrogen-bond donors (Lipinski definition) is 13. The van der Waals surface area contributed by atoms with Gasteiger partial charge in [-0.2, -0.15) is 0 Å². The molecule has 0 aromatic rings. The molecule has 19 atom stereocenters. The van der Waals surface area contributed by atoms with E-state index >= 15 is 0 Å². The number of ether oxygens (including phenoxy) is 7. The number of rotatable bonds is 9. The number of aliphatic hydroxyl groups excluding tert-OH is 13. The molecule has 19 unspecified atom stereocenters. The van der Waals surface area contributed by atoms with E-state index in [-0.39, 0.29) is 0 Å². The van der Waals surface area contributed by atoms with Crippen molar-refractivity contribution in [2.45, 2.75) is 117 Å². The van der Waals surface area contributed by atoms with E-state index in [9.17, 15) is 66.4 Å². The van der Waals surface area contributed by atoms with Gasteiger partial charge in [0, 0.05) is 0 Å². The Morgan fingerprint density at radius 2 is 0.977 bits per heavy atom. The molecular formula is C23H40O20. The molecule has 0 spiro atoms. The fourth-order valence-electron chi connectivity index (χ4n) is 5.23. The van der Waals surface area contributed by atoms with Crippen LogP contribution in [-0.2, 0) is 33.2 Å². The molecule has 43 heavy (non-hydrogen) atoms. The highest BCUT2D eigenvalue weighted by Crippen LogP contribution is 2.35. The summed E-state index contributed by atoms with van der Waals surface area (Å²) in [4.78, 5) is 0. The molecule has 0 aromatic heterocycles. The lowest BCUT2D eigenvalue weighted by Gasteiger charge is -2.50. The van der Waals surface area contributed by atoms with Gasteiger partial charge in [0.05, 0.1) is 26.4 Å². The molecule has 4 fully saturated rings. The lowest BCUT2D eigenvalue weighted by Crippen LogP contribution is -2.68. The summed E-state index contributed by atoms with van der Waals surface area (Å²) in [5.41, 5.74) is 0. The molecule has 4 saturated heterocycles. The van der Waals surface area contributed by atoms with Crippen LogP contribution in [0.15, 0.2) is 0 Å². The summed E-state index contributed by atoms with van der Waals surface area (Å²) in [7, 11) is 0. The highest BCUT2D eigenvalue weighted by Gasteiger charge is 2.55. The molecular weight excluding hydrogens is 596 g/mol. The molecule has 4 aliphatic heterocycles. The Balaban J connectivity index is 1.68. The minimum atomic E-state index is -1.99. The van der Waals surface area contributed by atoms with Crippen molar-refractivity contribution in [3.63, 3.8) is 0 Å². The van der Waals surface area contributed by atoms with E-state index in [0.29, 0.717) is 0 Å². The van der Waals surface area contributed by atoms with Gasteiger partial charge in [0.15, 0.2) is 25.2 Å². The van der Waals surface area contributed by atoms with Crippen molar-refractivity contribution in [1.82, 2.24) is 0 Å². The molecule has 20 heteroatoms. The van der Waals surface area contributed by atoms with Gasteiger partial charge in [0.1, 0.15) is 91.6 Å². The molecule has 13 N–H and O–H groups in total. The van der Waals surface area contributed by atoms with Gasteiger partial charge < -0.3 is 99.5 Å². The Bertz CT molecular complexity index is 867. The fraction of sp³-hybridized carbons (Fsp3) is 1.00. The standard InChI is InChI=1S/C23H40O20/c24-1-6-10(29)12(31)16(35)22(39-6)43-19-18(42-21-15(34)9(28)5(27)4-37-21)11(30)7(2-25)40-23(19)41-17-8(3-26)38-20(36)14(33)13(17)32/h5-36H,1-4H2. The largest absolute Gasteiger partial charge is 0.394 e. The molecule has 4 rings (SSSR count). The van der Waals surface area contributed by atoms with E-state index in [1.807, 2.05) is 0 Å². The van der Waals surface area contributed by atoms with Gasteiger partial charge in [-0.25, -0.2) is 0 Å². The lowest BCUT2D eigenvalue weighted by molar-refractivity contribution is -0.402. The molecule has 0 saturated carbocycles. The average molecular weight is 637 g/mol. The van der Waals surface area contributed by atoms with E-state index in [4.69, 9.17) is 33.2 Å². The predicted molar refractivity (Wildman–Crippen MR) is 128 cm³/mol. The summed E-state index contributed by atoms with van der Waals surface area (Å²) in [6.07, 6.45) is -33.8. The smallest absolute Gasteiger partial charge is 0.187 e. The van der Waals surface area contributed by atoms with Crippen molar-refractivity contribution in [3.05, 3.63) is 0 Å². The third-order valence-electron chi connectivity index (χ3n) is 7.81. The topological polar surface area (TPSA) is 328 Å². The predicted octanol–water partition coefficient (Wildman–Crippen LogP) is -9.11. The molecule has 0 aliphatic carbocycles. The summed E-state index contributed by atoms with van der Waals surface area (Å²) >= 11 is 0. The minimum absolute atomic E-state index is 0.520. The first-order valence-corrected chi connectivity index (χ1v) is 13.5.